The lowest BCUT2D eigenvalue weighted by atomic mass is 9.84. The highest BCUT2D eigenvalue weighted by molar-refractivity contribution is 6.30. The number of carboxylic acid groups (broad SMARTS) is 1. The van der Waals surface area contributed by atoms with Crippen molar-refractivity contribution in [2.75, 3.05) is 0 Å². The molecule has 106 valence electrons. The van der Waals surface area contributed by atoms with Crippen LogP contribution in [0, 0.1) is 0 Å². The third-order valence-corrected chi connectivity index (χ3v) is 3.20. The van der Waals surface area contributed by atoms with Crippen LogP contribution in [0.15, 0.2) is 12.1 Å². The lowest BCUT2D eigenvalue weighted by Crippen LogP contribution is -2.16. The van der Waals surface area contributed by atoms with Crippen molar-refractivity contribution in [3.05, 3.63) is 28.3 Å². The smallest absolute Gasteiger partial charge is 0.303 e. The van der Waals surface area contributed by atoms with E-state index in [4.69, 9.17) is 22.4 Å². The number of carbonyl (C=O) groups is 1. The molecule has 0 heterocycles. The van der Waals surface area contributed by atoms with Gasteiger partial charge in [0.1, 0.15) is 5.75 Å². The van der Waals surface area contributed by atoms with Crippen LogP contribution < -0.4 is 5.73 Å². The summed E-state index contributed by atoms with van der Waals surface area (Å²) in [4.78, 5) is 10.6. The molecule has 0 saturated heterocycles. The topological polar surface area (TPSA) is 83.6 Å². The van der Waals surface area contributed by atoms with Crippen molar-refractivity contribution in [2.24, 2.45) is 5.73 Å². The van der Waals surface area contributed by atoms with E-state index in [0.29, 0.717) is 16.1 Å². The largest absolute Gasteiger partial charge is 0.507 e. The Morgan fingerprint density at radius 2 is 2.00 bits per heavy atom. The molecule has 5 heteroatoms. The highest BCUT2D eigenvalue weighted by Gasteiger charge is 2.23. The molecule has 0 saturated carbocycles. The Hall–Kier alpha value is -1.26. The first-order valence-electron chi connectivity index (χ1n) is 6.13. The van der Waals surface area contributed by atoms with Gasteiger partial charge < -0.3 is 15.9 Å². The summed E-state index contributed by atoms with van der Waals surface area (Å²) >= 11 is 6.05. The van der Waals surface area contributed by atoms with Crippen LogP contribution >= 0.6 is 11.6 Å². The average Bonchev–Trinajstić information content (AvgIpc) is 2.27. The molecule has 0 amide bonds. The maximum atomic E-state index is 10.6. The van der Waals surface area contributed by atoms with Crippen molar-refractivity contribution in [1.29, 1.82) is 0 Å². The summed E-state index contributed by atoms with van der Waals surface area (Å²) in [5, 5.41) is 19.5. The molecule has 1 unspecified atom stereocenters. The van der Waals surface area contributed by atoms with Gasteiger partial charge in [-0.25, -0.2) is 0 Å². The van der Waals surface area contributed by atoms with Crippen molar-refractivity contribution in [3.63, 3.8) is 0 Å². The summed E-state index contributed by atoms with van der Waals surface area (Å²) in [6.45, 7) is 5.89. The molecule has 1 aromatic rings. The first-order chi connectivity index (χ1) is 8.62. The van der Waals surface area contributed by atoms with Crippen molar-refractivity contribution < 1.29 is 15.0 Å². The maximum Gasteiger partial charge on any atom is 0.303 e. The van der Waals surface area contributed by atoms with Crippen LogP contribution in [0.2, 0.25) is 5.02 Å². The average molecular weight is 286 g/mol. The summed E-state index contributed by atoms with van der Waals surface area (Å²) in [6.07, 6.45) is 0.213. The van der Waals surface area contributed by atoms with E-state index in [1.165, 1.54) is 0 Å². The predicted molar refractivity (Wildman–Crippen MR) is 75.6 cm³/mol. The van der Waals surface area contributed by atoms with Crippen LogP contribution in [0.4, 0.5) is 0 Å². The van der Waals surface area contributed by atoms with Gasteiger partial charge in [-0.3, -0.25) is 4.79 Å². The molecule has 0 aromatic heterocycles. The van der Waals surface area contributed by atoms with Crippen molar-refractivity contribution in [2.45, 2.75) is 45.1 Å². The van der Waals surface area contributed by atoms with Gasteiger partial charge in [-0.15, -0.1) is 0 Å². The van der Waals surface area contributed by atoms with Gasteiger partial charge in [0.15, 0.2) is 0 Å². The molecule has 1 atom stereocenters. The van der Waals surface area contributed by atoms with Crippen LogP contribution in [-0.4, -0.2) is 16.2 Å². The van der Waals surface area contributed by atoms with E-state index in [1.54, 1.807) is 12.1 Å². The lowest BCUT2D eigenvalue weighted by molar-refractivity contribution is -0.137. The number of nitrogens with two attached hydrogens (primary N) is 1. The lowest BCUT2D eigenvalue weighted by Gasteiger charge is -2.24. The van der Waals surface area contributed by atoms with Gasteiger partial charge in [-0.1, -0.05) is 32.4 Å². The molecule has 0 aliphatic rings. The first-order valence-corrected chi connectivity index (χ1v) is 6.51. The number of rotatable bonds is 4. The Kier molecular flexibility index (Phi) is 4.82. The summed E-state index contributed by atoms with van der Waals surface area (Å²) < 4.78 is 0. The number of phenols is 1. The second kappa shape index (κ2) is 5.80. The van der Waals surface area contributed by atoms with Gasteiger partial charge >= 0.3 is 5.97 Å². The van der Waals surface area contributed by atoms with Crippen molar-refractivity contribution in [3.8, 4) is 5.75 Å². The molecule has 19 heavy (non-hydrogen) atoms. The molecular weight excluding hydrogens is 266 g/mol. The van der Waals surface area contributed by atoms with E-state index in [-0.39, 0.29) is 24.0 Å². The standard InChI is InChI=1S/C14H20ClNO3/c1-14(2,3)10-7-8(15)6-9(13(10)19)11(16)4-5-12(17)18/h6-7,11,19H,4-5,16H2,1-3H3,(H,17,18). The fourth-order valence-corrected chi connectivity index (χ4v) is 2.14. The summed E-state index contributed by atoms with van der Waals surface area (Å²) in [5.74, 6) is -0.803. The van der Waals surface area contributed by atoms with Gasteiger partial charge in [0.2, 0.25) is 0 Å². The number of carboxylic acids is 1. The molecule has 0 aliphatic carbocycles. The number of aromatic hydroxyl groups is 1. The van der Waals surface area contributed by atoms with Crippen LogP contribution in [0.1, 0.15) is 50.8 Å². The number of hydrogen-bond acceptors (Lipinski definition) is 3. The molecule has 0 radical (unpaired) electrons. The van der Waals surface area contributed by atoms with E-state index >= 15 is 0 Å². The number of aliphatic carboxylic acids is 1. The van der Waals surface area contributed by atoms with Gasteiger partial charge in [0.05, 0.1) is 0 Å². The van der Waals surface area contributed by atoms with Gasteiger partial charge in [0, 0.05) is 28.6 Å². The molecule has 1 rings (SSSR count). The molecule has 4 nitrogen and oxygen atoms in total. The highest BCUT2D eigenvalue weighted by atomic mass is 35.5. The minimum absolute atomic E-state index is 0.0437. The zero-order valence-corrected chi connectivity index (χ0v) is 12.2. The third kappa shape index (κ3) is 4.11. The Labute approximate surface area is 118 Å². The molecule has 0 aliphatic heterocycles. The fraction of sp³-hybridized carbons (Fsp3) is 0.500. The monoisotopic (exact) mass is 285 g/mol. The number of benzene rings is 1. The van der Waals surface area contributed by atoms with Crippen LogP contribution in [-0.2, 0) is 10.2 Å². The normalized spacial score (nSPS) is 13.3. The summed E-state index contributed by atoms with van der Waals surface area (Å²) in [6, 6.07) is 2.76. The minimum atomic E-state index is -0.909. The molecule has 0 bridgehead atoms. The zero-order valence-electron chi connectivity index (χ0n) is 11.4. The summed E-state index contributed by atoms with van der Waals surface area (Å²) in [5.41, 5.74) is 6.88. The van der Waals surface area contributed by atoms with Crippen LogP contribution in [0.25, 0.3) is 0 Å². The maximum absolute atomic E-state index is 10.6. The quantitative estimate of drug-likeness (QED) is 0.793. The molecular formula is C14H20ClNO3. The van der Waals surface area contributed by atoms with E-state index in [2.05, 4.69) is 0 Å². The second-order valence-corrected chi connectivity index (χ2v) is 6.12. The SMILES string of the molecule is CC(C)(C)c1cc(Cl)cc(C(N)CCC(=O)O)c1O. The number of halogens is 1. The Balaban J connectivity index is 3.14. The number of phenolic OH excluding ortho intramolecular Hbond substituents is 1. The predicted octanol–water partition coefficient (Wildman–Crippen LogP) is 3.21. The third-order valence-electron chi connectivity index (χ3n) is 2.98. The zero-order chi connectivity index (χ0) is 14.8. The van der Waals surface area contributed by atoms with Crippen molar-refractivity contribution in [1.82, 2.24) is 0 Å². The van der Waals surface area contributed by atoms with Gasteiger partial charge in [-0.2, -0.15) is 0 Å². The number of hydrogen-bond donors (Lipinski definition) is 3. The second-order valence-electron chi connectivity index (χ2n) is 5.68. The van der Waals surface area contributed by atoms with Gasteiger partial charge in [-0.05, 0) is 24.0 Å². The minimum Gasteiger partial charge on any atom is -0.507 e. The van der Waals surface area contributed by atoms with E-state index < -0.39 is 12.0 Å². The van der Waals surface area contributed by atoms with E-state index in [1.807, 2.05) is 20.8 Å². The molecule has 4 N–H and O–H groups in total. The molecule has 1 aromatic carbocycles. The van der Waals surface area contributed by atoms with Crippen molar-refractivity contribution >= 4 is 17.6 Å². The Bertz CT molecular complexity index is 480. The van der Waals surface area contributed by atoms with E-state index in [0.717, 1.165) is 0 Å². The molecule has 0 spiro atoms. The molecule has 0 fully saturated rings. The highest BCUT2D eigenvalue weighted by Crippen LogP contribution is 2.38. The van der Waals surface area contributed by atoms with Crippen LogP contribution in [0.5, 0.6) is 5.75 Å². The summed E-state index contributed by atoms with van der Waals surface area (Å²) in [7, 11) is 0. The Morgan fingerprint density at radius 3 is 2.47 bits per heavy atom. The first kappa shape index (κ1) is 15.8. The van der Waals surface area contributed by atoms with Crippen LogP contribution in [0.3, 0.4) is 0 Å². The van der Waals surface area contributed by atoms with E-state index in [9.17, 15) is 9.90 Å². The fourth-order valence-electron chi connectivity index (χ4n) is 1.91. The Morgan fingerprint density at radius 1 is 1.42 bits per heavy atom. The van der Waals surface area contributed by atoms with Gasteiger partial charge in [0.25, 0.3) is 0 Å².